The Morgan fingerprint density at radius 3 is 1.00 bits per heavy atom. The molecule has 264 valence electrons. The molecule has 2 heterocycles. The van der Waals surface area contributed by atoms with Gasteiger partial charge in [0.1, 0.15) is 0 Å². The van der Waals surface area contributed by atoms with Crippen molar-refractivity contribution in [1.29, 1.82) is 0 Å². The summed E-state index contributed by atoms with van der Waals surface area (Å²) in [5.41, 5.74) is 14.1. The minimum Gasteiger partial charge on any atom is -0.412 e. The van der Waals surface area contributed by atoms with Crippen molar-refractivity contribution in [2.24, 2.45) is 9.98 Å². The van der Waals surface area contributed by atoms with Gasteiger partial charge in [-0.25, -0.2) is 0 Å². The number of aromatic nitrogens is 2. The van der Waals surface area contributed by atoms with E-state index in [0.717, 1.165) is 34.2 Å². The number of hydrogen-bond donors (Lipinski definition) is 2. The van der Waals surface area contributed by atoms with Gasteiger partial charge in [-0.1, -0.05) is 152 Å². The summed E-state index contributed by atoms with van der Waals surface area (Å²) in [6.07, 6.45) is 3.89. The van der Waals surface area contributed by atoms with Crippen molar-refractivity contribution in [2.75, 3.05) is 0 Å². The maximum atomic E-state index is 4.87. The first-order valence-corrected chi connectivity index (χ1v) is 17.9. The molecular formula is C46H54N4O. The van der Waals surface area contributed by atoms with E-state index in [4.69, 9.17) is 9.98 Å². The molecule has 0 aliphatic rings. The van der Waals surface area contributed by atoms with Gasteiger partial charge in [-0.05, 0) is 81.3 Å². The van der Waals surface area contributed by atoms with E-state index in [2.05, 4.69) is 175 Å². The first-order chi connectivity index (χ1) is 24.1. The lowest BCUT2D eigenvalue weighted by Crippen LogP contribution is -1.95. The zero-order valence-electron chi connectivity index (χ0n) is 31.4. The molecule has 0 atom stereocenters. The van der Waals surface area contributed by atoms with Gasteiger partial charge >= 0.3 is 0 Å². The lowest BCUT2D eigenvalue weighted by Gasteiger charge is -2.16. The highest BCUT2D eigenvalue weighted by molar-refractivity contribution is 5.83. The summed E-state index contributed by atoms with van der Waals surface area (Å²) in [4.78, 5) is 16.6. The fraction of sp³-hybridized carbons (Fsp3) is 0.261. The van der Waals surface area contributed by atoms with Crippen LogP contribution in [0.5, 0.6) is 0 Å². The maximum Gasteiger partial charge on any atom is 0.0699 e. The molecule has 0 unspecified atom stereocenters. The second-order valence-corrected chi connectivity index (χ2v) is 14.1. The number of H-pyrrole nitrogens is 2. The number of nitrogens with zero attached hydrogens (tertiary/aromatic N) is 2. The van der Waals surface area contributed by atoms with Crippen LogP contribution in [-0.2, 0) is 0 Å². The normalized spacial score (nSPS) is 11.5. The predicted octanol–water partition coefficient (Wildman–Crippen LogP) is 12.5. The first kappa shape index (κ1) is 38.5. The highest BCUT2D eigenvalue weighted by atomic mass is 16.0. The molecule has 6 aromatic rings. The number of benzene rings is 4. The molecule has 4 N–H and O–H groups in total. The van der Waals surface area contributed by atoms with Crippen LogP contribution in [0.4, 0.5) is 11.4 Å². The van der Waals surface area contributed by atoms with Crippen LogP contribution in [-0.4, -0.2) is 27.9 Å². The Balaban J connectivity index is 0.000000224. The summed E-state index contributed by atoms with van der Waals surface area (Å²) in [6, 6.07) is 42.1. The van der Waals surface area contributed by atoms with Gasteiger partial charge in [0.25, 0.3) is 0 Å². The van der Waals surface area contributed by atoms with Crippen LogP contribution in [0.2, 0.25) is 0 Å². The third-order valence-electron chi connectivity index (χ3n) is 8.94. The SMILES string of the molecule is CC(C)c1cccc(C(C)C)c1N=Cc1ccc(-c2ccccc2)[nH]1.CC(C)c1cccc(C(C)C)c1N=Cc1ccc(-c2ccccc2)[nH]1.O. The van der Waals surface area contributed by atoms with Crippen LogP contribution in [0, 0.1) is 0 Å². The van der Waals surface area contributed by atoms with E-state index < -0.39 is 0 Å². The zero-order valence-corrected chi connectivity index (χ0v) is 31.4. The van der Waals surface area contributed by atoms with Crippen molar-refractivity contribution in [2.45, 2.75) is 79.1 Å². The van der Waals surface area contributed by atoms with Gasteiger partial charge in [-0.3, -0.25) is 9.98 Å². The molecule has 0 radical (unpaired) electrons. The summed E-state index contributed by atoms with van der Waals surface area (Å²) in [7, 11) is 0. The van der Waals surface area contributed by atoms with E-state index in [1.165, 1.54) is 33.4 Å². The standard InChI is InChI=1S/2C23H26N2.H2O/c2*1-16(2)20-11-8-12-21(17(3)4)23(20)24-15-19-13-14-22(25-19)18-9-6-5-7-10-18;/h2*5-17,25H,1-4H3;1H2. The molecule has 0 spiro atoms. The van der Waals surface area contributed by atoms with Gasteiger partial charge in [0.2, 0.25) is 0 Å². The first-order valence-electron chi connectivity index (χ1n) is 17.9. The molecular weight excluding hydrogens is 625 g/mol. The Hall–Kier alpha value is -5.26. The molecule has 0 saturated carbocycles. The van der Waals surface area contributed by atoms with E-state index in [0.29, 0.717) is 23.7 Å². The molecule has 0 saturated heterocycles. The van der Waals surface area contributed by atoms with Gasteiger partial charge in [-0.15, -0.1) is 0 Å². The van der Waals surface area contributed by atoms with E-state index in [9.17, 15) is 0 Å². The van der Waals surface area contributed by atoms with Crippen molar-refractivity contribution in [3.8, 4) is 22.5 Å². The van der Waals surface area contributed by atoms with Crippen molar-refractivity contribution in [3.63, 3.8) is 0 Å². The average Bonchev–Trinajstić information content (AvgIpc) is 3.81. The second kappa shape index (κ2) is 18.1. The highest BCUT2D eigenvalue weighted by Gasteiger charge is 2.14. The molecule has 0 amide bonds. The molecule has 0 fully saturated rings. The van der Waals surface area contributed by atoms with E-state index in [1.54, 1.807) is 0 Å². The number of nitrogens with one attached hydrogen (secondary N) is 2. The molecule has 5 heteroatoms. The van der Waals surface area contributed by atoms with Gasteiger partial charge in [0, 0.05) is 11.4 Å². The Kier molecular flexibility index (Phi) is 13.7. The Morgan fingerprint density at radius 2 is 0.706 bits per heavy atom. The lowest BCUT2D eigenvalue weighted by atomic mass is 9.93. The highest BCUT2D eigenvalue weighted by Crippen LogP contribution is 2.36. The van der Waals surface area contributed by atoms with E-state index >= 15 is 0 Å². The molecule has 6 rings (SSSR count). The van der Waals surface area contributed by atoms with Gasteiger partial charge in [0.15, 0.2) is 0 Å². The molecule has 2 aromatic heterocycles. The fourth-order valence-corrected chi connectivity index (χ4v) is 6.14. The molecule has 51 heavy (non-hydrogen) atoms. The van der Waals surface area contributed by atoms with Crippen molar-refractivity contribution in [3.05, 3.63) is 155 Å². The Labute approximate surface area is 305 Å². The van der Waals surface area contributed by atoms with Crippen LogP contribution in [0.25, 0.3) is 22.5 Å². The van der Waals surface area contributed by atoms with Crippen LogP contribution in [0.3, 0.4) is 0 Å². The quantitative estimate of drug-likeness (QED) is 0.135. The topological polar surface area (TPSA) is 87.8 Å². The molecule has 0 aliphatic carbocycles. The second-order valence-electron chi connectivity index (χ2n) is 14.1. The largest absolute Gasteiger partial charge is 0.412 e. The van der Waals surface area contributed by atoms with Crippen molar-refractivity contribution in [1.82, 2.24) is 9.97 Å². The number of rotatable bonds is 10. The molecule has 0 aliphatic heterocycles. The number of hydrogen-bond acceptors (Lipinski definition) is 2. The van der Waals surface area contributed by atoms with Crippen LogP contribution in [0.1, 0.15) is 113 Å². The summed E-state index contributed by atoms with van der Waals surface area (Å²) in [6.45, 7) is 17.8. The molecule has 5 nitrogen and oxygen atoms in total. The average molecular weight is 679 g/mol. The van der Waals surface area contributed by atoms with E-state index in [1.807, 2.05) is 24.6 Å². The fourth-order valence-electron chi connectivity index (χ4n) is 6.14. The Morgan fingerprint density at radius 1 is 0.392 bits per heavy atom. The predicted molar refractivity (Wildman–Crippen MR) is 220 cm³/mol. The minimum absolute atomic E-state index is 0. The minimum atomic E-state index is 0. The number of aliphatic imine (C=N–C) groups is 2. The van der Waals surface area contributed by atoms with Crippen molar-refractivity contribution < 1.29 is 5.48 Å². The van der Waals surface area contributed by atoms with Gasteiger partial charge < -0.3 is 15.4 Å². The monoisotopic (exact) mass is 678 g/mol. The number of para-hydroxylation sites is 2. The summed E-state index contributed by atoms with van der Waals surface area (Å²) in [5.74, 6) is 1.81. The van der Waals surface area contributed by atoms with Crippen molar-refractivity contribution >= 4 is 23.8 Å². The van der Waals surface area contributed by atoms with E-state index in [-0.39, 0.29) is 5.48 Å². The lowest BCUT2D eigenvalue weighted by molar-refractivity contribution is 0.824. The smallest absolute Gasteiger partial charge is 0.0699 e. The molecule has 0 bridgehead atoms. The summed E-state index contributed by atoms with van der Waals surface area (Å²) >= 11 is 0. The summed E-state index contributed by atoms with van der Waals surface area (Å²) in [5, 5.41) is 0. The van der Waals surface area contributed by atoms with Gasteiger partial charge in [-0.2, -0.15) is 0 Å². The third-order valence-corrected chi connectivity index (χ3v) is 8.94. The maximum absolute atomic E-state index is 4.87. The zero-order chi connectivity index (χ0) is 35.6. The van der Waals surface area contributed by atoms with Crippen LogP contribution < -0.4 is 0 Å². The Bertz CT molecular complexity index is 1810. The number of aromatic amines is 2. The van der Waals surface area contributed by atoms with Crippen LogP contribution in [0.15, 0.2) is 131 Å². The van der Waals surface area contributed by atoms with Crippen LogP contribution >= 0.6 is 0 Å². The molecule has 4 aromatic carbocycles. The third kappa shape index (κ3) is 9.93. The summed E-state index contributed by atoms with van der Waals surface area (Å²) < 4.78 is 0. The van der Waals surface area contributed by atoms with Gasteiger partial charge in [0.05, 0.1) is 35.2 Å².